The maximum atomic E-state index is 13.1. The van der Waals surface area contributed by atoms with Gasteiger partial charge in [-0.1, -0.05) is 29.8 Å². The maximum Gasteiger partial charge on any atom is 0.267 e. The highest BCUT2D eigenvalue weighted by atomic mass is 35.5. The van der Waals surface area contributed by atoms with Crippen LogP contribution in [0.25, 0.3) is 0 Å². The summed E-state index contributed by atoms with van der Waals surface area (Å²) in [6.07, 6.45) is 0.512. The van der Waals surface area contributed by atoms with Crippen LogP contribution in [0.15, 0.2) is 65.5 Å². The summed E-state index contributed by atoms with van der Waals surface area (Å²) in [5.74, 6) is -0.0501. The molecule has 6 heteroatoms. The topological polar surface area (TPSA) is 56.9 Å². The number of hydrogen-bond acceptors (Lipinski definition) is 3. The lowest BCUT2D eigenvalue weighted by Crippen LogP contribution is -2.24. The monoisotopic (exact) mass is 459 g/mol. The van der Waals surface area contributed by atoms with Crippen molar-refractivity contribution in [1.29, 1.82) is 0 Å². The molecule has 4 aromatic rings. The van der Waals surface area contributed by atoms with Crippen LogP contribution >= 0.6 is 11.6 Å². The number of ketones is 1. The summed E-state index contributed by atoms with van der Waals surface area (Å²) in [5, 5.41) is 5.22. The average molecular weight is 460 g/mol. The zero-order valence-corrected chi connectivity index (χ0v) is 20.0. The molecule has 0 bridgehead atoms. The molecular formula is C27H26ClN3O2. The SMILES string of the molecule is Cc1cccc(C)c1Cn1nc(Cc2cc(C)c(C(=O)c3ccc(Cl)cc3)n2C)ccc1=O. The van der Waals surface area contributed by atoms with Crippen LogP contribution in [-0.2, 0) is 20.0 Å². The summed E-state index contributed by atoms with van der Waals surface area (Å²) in [5.41, 5.74) is 7.09. The second-order valence-corrected chi connectivity index (χ2v) is 8.87. The Labute approximate surface area is 198 Å². The molecule has 0 aliphatic rings. The van der Waals surface area contributed by atoms with E-state index in [-0.39, 0.29) is 11.3 Å². The molecule has 2 aromatic carbocycles. The Morgan fingerprint density at radius 1 is 0.939 bits per heavy atom. The van der Waals surface area contributed by atoms with Gasteiger partial charge in [-0.2, -0.15) is 5.10 Å². The van der Waals surface area contributed by atoms with Gasteiger partial charge in [0.15, 0.2) is 0 Å². The third-order valence-corrected chi connectivity index (χ3v) is 6.33. The Hall–Kier alpha value is -3.44. The number of aromatic nitrogens is 3. The summed E-state index contributed by atoms with van der Waals surface area (Å²) >= 11 is 5.96. The van der Waals surface area contributed by atoms with Crippen molar-refractivity contribution in [2.45, 2.75) is 33.7 Å². The third-order valence-electron chi connectivity index (χ3n) is 6.08. The van der Waals surface area contributed by atoms with Gasteiger partial charge in [0.25, 0.3) is 5.56 Å². The van der Waals surface area contributed by atoms with Crippen molar-refractivity contribution in [3.63, 3.8) is 0 Å². The van der Waals surface area contributed by atoms with Gasteiger partial charge in [0.2, 0.25) is 5.78 Å². The zero-order chi connectivity index (χ0) is 23.7. The van der Waals surface area contributed by atoms with Crippen LogP contribution in [0, 0.1) is 20.8 Å². The molecule has 2 aromatic heterocycles. The van der Waals surface area contributed by atoms with Gasteiger partial charge in [-0.05, 0) is 79.4 Å². The molecule has 0 aliphatic heterocycles. The van der Waals surface area contributed by atoms with Crippen molar-refractivity contribution >= 4 is 17.4 Å². The quantitative estimate of drug-likeness (QED) is 0.380. The highest BCUT2D eigenvalue weighted by Crippen LogP contribution is 2.21. The second-order valence-electron chi connectivity index (χ2n) is 8.43. The first-order valence-electron chi connectivity index (χ1n) is 10.8. The van der Waals surface area contributed by atoms with Crippen molar-refractivity contribution in [2.75, 3.05) is 0 Å². The van der Waals surface area contributed by atoms with E-state index in [0.29, 0.717) is 29.2 Å². The van der Waals surface area contributed by atoms with Crippen LogP contribution < -0.4 is 5.56 Å². The Balaban J connectivity index is 1.63. The van der Waals surface area contributed by atoms with Crippen LogP contribution in [0.1, 0.15) is 49.7 Å². The first-order chi connectivity index (χ1) is 15.7. The minimum Gasteiger partial charge on any atom is -0.344 e. The van der Waals surface area contributed by atoms with Gasteiger partial charge >= 0.3 is 0 Å². The Kier molecular flexibility index (Phi) is 6.34. The number of nitrogens with zero attached hydrogens (tertiary/aromatic N) is 3. The van der Waals surface area contributed by atoms with Gasteiger partial charge in [-0.3, -0.25) is 9.59 Å². The van der Waals surface area contributed by atoms with Gasteiger partial charge in [0, 0.05) is 35.8 Å². The normalized spacial score (nSPS) is 11.1. The summed E-state index contributed by atoms with van der Waals surface area (Å²) < 4.78 is 3.43. The van der Waals surface area contributed by atoms with E-state index in [0.717, 1.165) is 33.6 Å². The lowest BCUT2D eigenvalue weighted by Gasteiger charge is -2.12. The van der Waals surface area contributed by atoms with Crippen LogP contribution in [0.4, 0.5) is 0 Å². The van der Waals surface area contributed by atoms with Crippen molar-refractivity contribution < 1.29 is 4.79 Å². The van der Waals surface area contributed by atoms with Crippen LogP contribution in [0.3, 0.4) is 0 Å². The molecule has 168 valence electrons. The number of hydrogen-bond donors (Lipinski definition) is 0. The van der Waals surface area contributed by atoms with Crippen LogP contribution in [0.2, 0.25) is 5.02 Å². The minimum absolute atomic E-state index is 0.0501. The maximum absolute atomic E-state index is 13.1. The van der Waals surface area contributed by atoms with Crippen molar-refractivity contribution in [1.82, 2.24) is 14.3 Å². The van der Waals surface area contributed by atoms with Crippen LogP contribution in [-0.4, -0.2) is 20.1 Å². The second kappa shape index (κ2) is 9.20. The third kappa shape index (κ3) is 4.69. The molecule has 2 heterocycles. The Morgan fingerprint density at radius 2 is 1.61 bits per heavy atom. The van der Waals surface area contributed by atoms with E-state index < -0.39 is 0 Å². The fourth-order valence-electron chi connectivity index (χ4n) is 4.19. The Bertz CT molecular complexity index is 1380. The van der Waals surface area contributed by atoms with E-state index in [9.17, 15) is 9.59 Å². The lowest BCUT2D eigenvalue weighted by atomic mass is 10.0. The van der Waals surface area contributed by atoms with E-state index in [2.05, 4.69) is 5.10 Å². The molecule has 0 amide bonds. The molecule has 0 aliphatic carbocycles. The van der Waals surface area contributed by atoms with E-state index in [4.69, 9.17) is 11.6 Å². The zero-order valence-electron chi connectivity index (χ0n) is 19.2. The summed E-state index contributed by atoms with van der Waals surface area (Å²) in [7, 11) is 1.89. The first-order valence-corrected chi connectivity index (χ1v) is 11.2. The average Bonchev–Trinajstić information content (AvgIpc) is 3.05. The van der Waals surface area contributed by atoms with Crippen molar-refractivity contribution in [3.05, 3.63) is 121 Å². The summed E-state index contributed by atoms with van der Waals surface area (Å²) in [6.45, 7) is 6.45. The molecular weight excluding hydrogens is 434 g/mol. The molecule has 0 unspecified atom stereocenters. The molecule has 33 heavy (non-hydrogen) atoms. The number of aryl methyl sites for hydroxylation is 3. The molecule has 0 radical (unpaired) electrons. The molecule has 0 saturated carbocycles. The summed E-state index contributed by atoms with van der Waals surface area (Å²) in [6, 6.07) is 18.3. The summed E-state index contributed by atoms with van der Waals surface area (Å²) in [4.78, 5) is 25.6. The fraction of sp³-hybridized carbons (Fsp3) is 0.222. The first kappa shape index (κ1) is 22.7. The van der Waals surface area contributed by atoms with Gasteiger partial charge in [-0.25, -0.2) is 4.68 Å². The molecule has 4 rings (SSSR count). The number of carbonyl (C=O) groups is 1. The molecule has 0 spiro atoms. The molecule has 0 atom stereocenters. The molecule has 0 fully saturated rings. The number of rotatable bonds is 6. The predicted octanol–water partition coefficient (Wildman–Crippen LogP) is 5.03. The van der Waals surface area contributed by atoms with Gasteiger partial charge in [-0.15, -0.1) is 0 Å². The molecule has 0 saturated heterocycles. The standard InChI is InChI=1S/C27H26ClN3O2/c1-17-6-5-7-18(2)24(17)16-31-25(32)13-12-22(29-31)15-23-14-19(3)26(30(23)4)27(33)20-8-10-21(28)11-9-20/h5-14H,15-16H2,1-4H3. The highest BCUT2D eigenvalue weighted by Gasteiger charge is 2.19. The number of carbonyl (C=O) groups excluding carboxylic acids is 1. The minimum atomic E-state index is -0.136. The highest BCUT2D eigenvalue weighted by molar-refractivity contribution is 6.30. The Morgan fingerprint density at radius 3 is 2.27 bits per heavy atom. The van der Waals surface area contributed by atoms with Gasteiger partial charge in [0.05, 0.1) is 17.9 Å². The van der Waals surface area contributed by atoms with E-state index >= 15 is 0 Å². The lowest BCUT2D eigenvalue weighted by molar-refractivity contribution is 0.103. The fourth-order valence-corrected chi connectivity index (χ4v) is 4.32. The van der Waals surface area contributed by atoms with Crippen molar-refractivity contribution in [3.8, 4) is 0 Å². The number of benzene rings is 2. The molecule has 5 nitrogen and oxygen atoms in total. The van der Waals surface area contributed by atoms with E-state index in [1.54, 1.807) is 36.4 Å². The van der Waals surface area contributed by atoms with Gasteiger partial charge < -0.3 is 4.57 Å². The largest absolute Gasteiger partial charge is 0.344 e. The van der Waals surface area contributed by atoms with Crippen LogP contribution in [0.5, 0.6) is 0 Å². The molecule has 0 N–H and O–H groups in total. The number of halogens is 1. The predicted molar refractivity (Wildman–Crippen MR) is 131 cm³/mol. The van der Waals surface area contributed by atoms with Gasteiger partial charge in [0.1, 0.15) is 0 Å². The van der Waals surface area contributed by atoms with Crippen molar-refractivity contribution in [2.24, 2.45) is 7.05 Å². The van der Waals surface area contributed by atoms with E-state index in [1.165, 1.54) is 4.68 Å². The smallest absolute Gasteiger partial charge is 0.267 e. The van der Waals surface area contributed by atoms with E-state index in [1.807, 2.05) is 56.7 Å².